The number of rotatable bonds is 6. The summed E-state index contributed by atoms with van der Waals surface area (Å²) < 4.78 is 26.9. The fraction of sp³-hybridized carbons (Fsp3) is 0.389. The van der Waals surface area contributed by atoms with E-state index in [-0.39, 0.29) is 12.3 Å². The number of carbonyl (C=O) groups excluding carboxylic acids is 1. The number of sulfonamides is 1. The minimum atomic E-state index is -3.39. The van der Waals surface area contributed by atoms with Gasteiger partial charge in [-0.05, 0) is 37.5 Å². The zero-order chi connectivity index (χ0) is 17.9. The molecule has 1 aromatic carbocycles. The van der Waals surface area contributed by atoms with Crippen LogP contribution in [0.4, 0.5) is 0 Å². The Labute approximate surface area is 152 Å². The van der Waals surface area contributed by atoms with E-state index in [0.29, 0.717) is 23.8 Å². The molecule has 7 heteroatoms. The van der Waals surface area contributed by atoms with E-state index >= 15 is 0 Å². The molecule has 1 aliphatic heterocycles. The van der Waals surface area contributed by atoms with Crippen LogP contribution in [-0.2, 0) is 27.8 Å². The number of thiophene rings is 1. The van der Waals surface area contributed by atoms with Gasteiger partial charge in [0.25, 0.3) is 10.0 Å². The van der Waals surface area contributed by atoms with Gasteiger partial charge in [-0.3, -0.25) is 4.79 Å². The lowest BCUT2D eigenvalue weighted by Gasteiger charge is -2.13. The van der Waals surface area contributed by atoms with Gasteiger partial charge in [0.2, 0.25) is 5.91 Å². The first-order chi connectivity index (χ1) is 11.9. The maximum atomic E-state index is 12.5. The van der Waals surface area contributed by atoms with E-state index in [4.69, 9.17) is 0 Å². The summed E-state index contributed by atoms with van der Waals surface area (Å²) in [6, 6.07) is 11.3. The van der Waals surface area contributed by atoms with Crippen molar-refractivity contribution in [3.8, 4) is 0 Å². The Morgan fingerprint density at radius 3 is 2.48 bits per heavy atom. The summed E-state index contributed by atoms with van der Waals surface area (Å²) in [6.07, 6.45) is 2.03. The topological polar surface area (TPSA) is 66.5 Å². The molecular formula is C18H22N2O3S2. The van der Waals surface area contributed by atoms with Crippen LogP contribution in [0.3, 0.4) is 0 Å². The van der Waals surface area contributed by atoms with Crippen molar-refractivity contribution < 1.29 is 13.2 Å². The predicted octanol–water partition coefficient (Wildman–Crippen LogP) is 2.70. The molecule has 0 aliphatic carbocycles. The molecule has 1 N–H and O–H groups in total. The van der Waals surface area contributed by atoms with Gasteiger partial charge in [-0.2, -0.15) is 4.31 Å². The van der Waals surface area contributed by atoms with E-state index < -0.39 is 10.0 Å². The number of hydrogen-bond donors (Lipinski definition) is 1. The van der Waals surface area contributed by atoms with Crippen molar-refractivity contribution in [2.24, 2.45) is 0 Å². The first-order valence-corrected chi connectivity index (χ1v) is 10.6. The smallest absolute Gasteiger partial charge is 0.252 e. The van der Waals surface area contributed by atoms with E-state index in [0.717, 1.165) is 23.3 Å². The van der Waals surface area contributed by atoms with Crippen LogP contribution in [0.15, 0.2) is 40.6 Å². The molecule has 2 heterocycles. The van der Waals surface area contributed by atoms with Crippen molar-refractivity contribution in [3.05, 3.63) is 52.4 Å². The standard InChI is InChI=1S/C18H22N2O3S2/c1-14-4-6-15(7-5-14)13-19-17(21)12-16-8-9-18(24-16)25(22,23)20-10-2-3-11-20/h4-9H,2-3,10-13H2,1H3,(H,19,21). The molecule has 0 saturated carbocycles. The van der Waals surface area contributed by atoms with Crippen LogP contribution < -0.4 is 5.32 Å². The normalized spacial score (nSPS) is 15.4. The molecule has 1 fully saturated rings. The number of nitrogens with one attached hydrogen (secondary N) is 1. The maximum absolute atomic E-state index is 12.5. The fourth-order valence-electron chi connectivity index (χ4n) is 2.77. The number of nitrogens with zero attached hydrogens (tertiary/aromatic N) is 1. The van der Waals surface area contributed by atoms with E-state index in [1.807, 2.05) is 31.2 Å². The van der Waals surface area contributed by atoms with Gasteiger partial charge in [0.05, 0.1) is 6.42 Å². The van der Waals surface area contributed by atoms with Crippen molar-refractivity contribution in [2.45, 2.75) is 36.9 Å². The Hall–Kier alpha value is -1.70. The van der Waals surface area contributed by atoms with Crippen molar-refractivity contribution in [1.82, 2.24) is 9.62 Å². The van der Waals surface area contributed by atoms with Crippen LogP contribution >= 0.6 is 11.3 Å². The number of amides is 1. The van der Waals surface area contributed by atoms with Gasteiger partial charge < -0.3 is 5.32 Å². The molecule has 134 valence electrons. The molecule has 2 aromatic rings. The summed E-state index contributed by atoms with van der Waals surface area (Å²) >= 11 is 1.19. The van der Waals surface area contributed by atoms with Gasteiger partial charge in [0.15, 0.2) is 0 Å². The Bertz CT molecular complexity index is 835. The van der Waals surface area contributed by atoms with Crippen molar-refractivity contribution in [3.63, 3.8) is 0 Å². The van der Waals surface area contributed by atoms with E-state index in [2.05, 4.69) is 5.32 Å². The molecular weight excluding hydrogens is 356 g/mol. The number of benzene rings is 1. The summed E-state index contributed by atoms with van der Waals surface area (Å²) in [6.45, 7) is 3.68. The molecule has 0 unspecified atom stereocenters. The van der Waals surface area contributed by atoms with E-state index in [1.54, 1.807) is 12.1 Å². The lowest BCUT2D eigenvalue weighted by Crippen LogP contribution is -2.27. The van der Waals surface area contributed by atoms with Crippen LogP contribution in [-0.4, -0.2) is 31.7 Å². The zero-order valence-electron chi connectivity index (χ0n) is 14.2. The van der Waals surface area contributed by atoms with Crippen LogP contribution in [0, 0.1) is 6.92 Å². The van der Waals surface area contributed by atoms with E-state index in [1.165, 1.54) is 21.2 Å². The average molecular weight is 379 g/mol. The summed E-state index contributed by atoms with van der Waals surface area (Å²) in [7, 11) is -3.39. The Balaban J connectivity index is 1.57. The molecule has 0 spiro atoms. The van der Waals surface area contributed by atoms with Crippen LogP contribution in [0.1, 0.15) is 28.8 Å². The molecule has 3 rings (SSSR count). The highest BCUT2D eigenvalue weighted by molar-refractivity contribution is 7.91. The molecule has 5 nitrogen and oxygen atoms in total. The third kappa shape index (κ3) is 4.48. The third-order valence-electron chi connectivity index (χ3n) is 4.24. The first-order valence-electron chi connectivity index (χ1n) is 8.36. The molecule has 1 aliphatic rings. The second kappa shape index (κ2) is 7.68. The maximum Gasteiger partial charge on any atom is 0.252 e. The number of carbonyl (C=O) groups is 1. The lowest BCUT2D eigenvalue weighted by molar-refractivity contribution is -0.120. The van der Waals surface area contributed by atoms with Gasteiger partial charge >= 0.3 is 0 Å². The fourth-order valence-corrected chi connectivity index (χ4v) is 5.80. The zero-order valence-corrected chi connectivity index (χ0v) is 15.8. The summed E-state index contributed by atoms with van der Waals surface area (Å²) in [4.78, 5) is 12.9. The average Bonchev–Trinajstić information content (AvgIpc) is 3.26. The van der Waals surface area contributed by atoms with Crippen molar-refractivity contribution >= 4 is 27.3 Å². The molecule has 1 aromatic heterocycles. The summed E-state index contributed by atoms with van der Waals surface area (Å²) in [5.41, 5.74) is 2.22. The molecule has 1 saturated heterocycles. The van der Waals surface area contributed by atoms with Crippen LogP contribution in [0.25, 0.3) is 0 Å². The third-order valence-corrected chi connectivity index (χ3v) is 7.69. The second-order valence-corrected chi connectivity index (χ2v) is 9.60. The van der Waals surface area contributed by atoms with Gasteiger partial charge in [-0.25, -0.2) is 8.42 Å². The van der Waals surface area contributed by atoms with Gasteiger partial charge in [0.1, 0.15) is 4.21 Å². The van der Waals surface area contributed by atoms with Crippen molar-refractivity contribution in [1.29, 1.82) is 0 Å². The van der Waals surface area contributed by atoms with E-state index in [9.17, 15) is 13.2 Å². The Morgan fingerprint density at radius 2 is 1.80 bits per heavy atom. The quantitative estimate of drug-likeness (QED) is 0.840. The minimum Gasteiger partial charge on any atom is -0.352 e. The summed E-state index contributed by atoms with van der Waals surface area (Å²) in [5, 5.41) is 2.88. The SMILES string of the molecule is Cc1ccc(CNC(=O)Cc2ccc(S(=O)(=O)N3CCCC3)s2)cc1. The molecule has 0 bridgehead atoms. The minimum absolute atomic E-state index is 0.104. The first kappa shape index (κ1) is 18.1. The van der Waals surface area contributed by atoms with Crippen LogP contribution in [0.5, 0.6) is 0 Å². The van der Waals surface area contributed by atoms with Crippen LogP contribution in [0.2, 0.25) is 0 Å². The predicted molar refractivity (Wildman–Crippen MR) is 99.0 cm³/mol. The van der Waals surface area contributed by atoms with Crippen molar-refractivity contribution in [2.75, 3.05) is 13.1 Å². The van der Waals surface area contributed by atoms with Gasteiger partial charge in [0, 0.05) is 24.5 Å². The molecule has 0 radical (unpaired) electrons. The highest BCUT2D eigenvalue weighted by Gasteiger charge is 2.28. The number of hydrogen-bond acceptors (Lipinski definition) is 4. The second-order valence-electron chi connectivity index (χ2n) is 6.27. The highest BCUT2D eigenvalue weighted by atomic mass is 32.2. The van der Waals surface area contributed by atoms with Gasteiger partial charge in [-0.15, -0.1) is 11.3 Å². The molecule has 1 amide bonds. The Morgan fingerprint density at radius 1 is 1.12 bits per heavy atom. The number of aryl methyl sites for hydroxylation is 1. The summed E-state index contributed by atoms with van der Waals surface area (Å²) in [5.74, 6) is -0.104. The Kier molecular flexibility index (Phi) is 5.56. The molecule has 0 atom stereocenters. The monoisotopic (exact) mass is 378 g/mol. The largest absolute Gasteiger partial charge is 0.352 e. The van der Waals surface area contributed by atoms with Gasteiger partial charge in [-0.1, -0.05) is 29.8 Å². The highest BCUT2D eigenvalue weighted by Crippen LogP contribution is 2.27. The lowest BCUT2D eigenvalue weighted by atomic mass is 10.1. The molecule has 25 heavy (non-hydrogen) atoms.